The highest BCUT2D eigenvalue weighted by atomic mass is 16.5. The molecule has 0 N–H and O–H groups in total. The van der Waals surface area contributed by atoms with Crippen LogP contribution in [-0.4, -0.2) is 31.2 Å². The SMILES string of the molecule is Cc1cc(C(=O)OCc2nnnn2-c2ccccc2)c2ccccc2n1. The molecule has 7 heteroatoms. The Balaban J connectivity index is 1.59. The van der Waals surface area contributed by atoms with E-state index >= 15 is 0 Å². The number of hydrogen-bond donors (Lipinski definition) is 0. The number of benzene rings is 2. The van der Waals surface area contributed by atoms with Crippen LogP contribution in [0.3, 0.4) is 0 Å². The number of esters is 1. The van der Waals surface area contributed by atoms with Gasteiger partial charge < -0.3 is 4.74 Å². The van der Waals surface area contributed by atoms with Crippen LogP contribution in [0.2, 0.25) is 0 Å². The maximum absolute atomic E-state index is 12.6. The number of carbonyl (C=O) groups is 1. The minimum Gasteiger partial charge on any atom is -0.454 e. The van der Waals surface area contributed by atoms with Crippen LogP contribution in [0, 0.1) is 6.92 Å². The minimum atomic E-state index is -0.436. The molecule has 4 rings (SSSR count). The number of aryl methyl sites for hydroxylation is 1. The molecule has 0 unspecified atom stereocenters. The normalized spacial score (nSPS) is 10.8. The van der Waals surface area contributed by atoms with Crippen molar-refractivity contribution in [1.82, 2.24) is 25.2 Å². The van der Waals surface area contributed by atoms with Crippen molar-refractivity contribution >= 4 is 16.9 Å². The van der Waals surface area contributed by atoms with Gasteiger partial charge in [-0.1, -0.05) is 36.4 Å². The van der Waals surface area contributed by atoms with Crippen LogP contribution in [0.25, 0.3) is 16.6 Å². The first kappa shape index (κ1) is 15.9. The van der Waals surface area contributed by atoms with Crippen LogP contribution in [-0.2, 0) is 11.3 Å². The van der Waals surface area contributed by atoms with E-state index in [1.807, 2.05) is 61.5 Å². The Hall–Kier alpha value is -3.61. The molecule has 26 heavy (non-hydrogen) atoms. The topological polar surface area (TPSA) is 82.8 Å². The quantitative estimate of drug-likeness (QED) is 0.529. The molecule has 0 saturated carbocycles. The van der Waals surface area contributed by atoms with Crippen molar-refractivity contribution in [2.75, 3.05) is 0 Å². The summed E-state index contributed by atoms with van der Waals surface area (Å²) in [6, 6.07) is 18.6. The highest BCUT2D eigenvalue weighted by Crippen LogP contribution is 2.19. The third kappa shape index (κ3) is 3.02. The predicted octanol–water partition coefficient (Wildman–Crippen LogP) is 2.88. The Kier molecular flexibility index (Phi) is 4.10. The Morgan fingerprint density at radius 3 is 2.69 bits per heavy atom. The molecule has 0 amide bonds. The summed E-state index contributed by atoms with van der Waals surface area (Å²) in [5.74, 6) is 0.00828. The second-order valence-electron chi connectivity index (χ2n) is 5.75. The first-order valence-corrected chi connectivity index (χ1v) is 8.08. The summed E-state index contributed by atoms with van der Waals surface area (Å²) in [6.45, 7) is 1.82. The molecule has 0 aliphatic rings. The van der Waals surface area contributed by atoms with E-state index in [2.05, 4.69) is 20.5 Å². The molecule has 0 saturated heterocycles. The zero-order chi connectivity index (χ0) is 17.9. The Bertz CT molecular complexity index is 1080. The number of carbonyl (C=O) groups excluding carboxylic acids is 1. The fourth-order valence-electron chi connectivity index (χ4n) is 2.75. The van der Waals surface area contributed by atoms with Gasteiger partial charge in [0.2, 0.25) is 0 Å². The van der Waals surface area contributed by atoms with Crippen molar-refractivity contribution in [3.05, 3.63) is 77.7 Å². The fraction of sp³-hybridized carbons (Fsp3) is 0.105. The second kappa shape index (κ2) is 6.72. The molecule has 0 aliphatic carbocycles. The van der Waals surface area contributed by atoms with Gasteiger partial charge in [0.1, 0.15) is 0 Å². The molecular weight excluding hydrogens is 330 g/mol. The number of ether oxygens (including phenoxy) is 1. The zero-order valence-corrected chi connectivity index (χ0v) is 14.0. The van der Waals surface area contributed by atoms with Crippen molar-refractivity contribution in [3.63, 3.8) is 0 Å². The summed E-state index contributed by atoms with van der Waals surface area (Å²) in [6.07, 6.45) is 0. The van der Waals surface area contributed by atoms with Crippen molar-refractivity contribution in [2.24, 2.45) is 0 Å². The monoisotopic (exact) mass is 345 g/mol. The number of fused-ring (bicyclic) bond motifs is 1. The van der Waals surface area contributed by atoms with E-state index in [-0.39, 0.29) is 6.61 Å². The van der Waals surface area contributed by atoms with E-state index in [4.69, 9.17) is 4.74 Å². The number of para-hydroxylation sites is 2. The van der Waals surface area contributed by atoms with Gasteiger partial charge in [0.25, 0.3) is 0 Å². The third-order valence-electron chi connectivity index (χ3n) is 3.93. The molecule has 0 atom stereocenters. The van der Waals surface area contributed by atoms with E-state index in [9.17, 15) is 4.79 Å². The first-order valence-electron chi connectivity index (χ1n) is 8.08. The molecule has 0 fully saturated rings. The molecule has 2 aromatic heterocycles. The van der Waals surface area contributed by atoms with Gasteiger partial charge in [-0.25, -0.2) is 4.79 Å². The van der Waals surface area contributed by atoms with Gasteiger partial charge in [0.15, 0.2) is 12.4 Å². The Labute approximate surface area is 149 Å². The molecule has 7 nitrogen and oxygen atoms in total. The van der Waals surface area contributed by atoms with Crippen molar-refractivity contribution < 1.29 is 9.53 Å². The van der Waals surface area contributed by atoms with E-state index < -0.39 is 5.97 Å². The molecule has 4 aromatic rings. The van der Waals surface area contributed by atoms with Gasteiger partial charge >= 0.3 is 5.97 Å². The van der Waals surface area contributed by atoms with Gasteiger partial charge in [0.05, 0.1) is 16.8 Å². The van der Waals surface area contributed by atoms with E-state index in [0.717, 1.165) is 22.3 Å². The number of rotatable bonds is 4. The third-order valence-corrected chi connectivity index (χ3v) is 3.93. The van der Waals surface area contributed by atoms with Crippen molar-refractivity contribution in [3.8, 4) is 5.69 Å². The standard InChI is InChI=1S/C19H15N5O2/c1-13-11-16(15-9-5-6-10-17(15)20-13)19(25)26-12-18-21-22-23-24(18)14-7-3-2-4-8-14/h2-11H,12H2,1H3. The minimum absolute atomic E-state index is 0.0313. The lowest BCUT2D eigenvalue weighted by Crippen LogP contribution is -2.11. The number of nitrogens with zero attached hydrogens (tertiary/aromatic N) is 5. The van der Waals surface area contributed by atoms with E-state index in [1.54, 1.807) is 10.7 Å². The summed E-state index contributed by atoms with van der Waals surface area (Å²) in [5, 5.41) is 12.3. The molecule has 0 aliphatic heterocycles. The molecular formula is C19H15N5O2. The summed E-state index contributed by atoms with van der Waals surface area (Å²) in [7, 11) is 0. The van der Waals surface area contributed by atoms with E-state index in [1.165, 1.54) is 0 Å². The zero-order valence-electron chi connectivity index (χ0n) is 14.0. The fourth-order valence-corrected chi connectivity index (χ4v) is 2.75. The summed E-state index contributed by atoms with van der Waals surface area (Å²) in [5.41, 5.74) is 2.79. The maximum Gasteiger partial charge on any atom is 0.339 e. The summed E-state index contributed by atoms with van der Waals surface area (Å²) >= 11 is 0. The summed E-state index contributed by atoms with van der Waals surface area (Å²) < 4.78 is 7.01. The van der Waals surface area contributed by atoms with Gasteiger partial charge in [0, 0.05) is 11.1 Å². The average molecular weight is 345 g/mol. The van der Waals surface area contributed by atoms with Crippen LogP contribution in [0.15, 0.2) is 60.7 Å². The lowest BCUT2D eigenvalue weighted by Gasteiger charge is -2.09. The first-order chi connectivity index (χ1) is 12.7. The van der Waals surface area contributed by atoms with Crippen LogP contribution < -0.4 is 0 Å². The molecule has 128 valence electrons. The summed E-state index contributed by atoms with van der Waals surface area (Å²) in [4.78, 5) is 17.1. The largest absolute Gasteiger partial charge is 0.454 e. The number of aromatic nitrogens is 5. The van der Waals surface area contributed by atoms with Crippen LogP contribution in [0.4, 0.5) is 0 Å². The number of tetrazole rings is 1. The highest BCUT2D eigenvalue weighted by Gasteiger charge is 2.16. The van der Waals surface area contributed by atoms with Gasteiger partial charge in [-0.3, -0.25) is 4.98 Å². The molecule has 0 spiro atoms. The van der Waals surface area contributed by atoms with E-state index in [0.29, 0.717) is 11.4 Å². The molecule has 0 bridgehead atoms. The Morgan fingerprint density at radius 1 is 1.08 bits per heavy atom. The molecule has 2 aromatic carbocycles. The van der Waals surface area contributed by atoms with Gasteiger partial charge in [-0.2, -0.15) is 4.68 Å². The van der Waals surface area contributed by atoms with Gasteiger partial charge in [-0.15, -0.1) is 5.10 Å². The molecule has 0 radical (unpaired) electrons. The lowest BCUT2D eigenvalue weighted by molar-refractivity contribution is 0.0461. The Morgan fingerprint density at radius 2 is 1.85 bits per heavy atom. The van der Waals surface area contributed by atoms with Crippen molar-refractivity contribution in [1.29, 1.82) is 0 Å². The van der Waals surface area contributed by atoms with Crippen molar-refractivity contribution in [2.45, 2.75) is 13.5 Å². The number of hydrogen-bond acceptors (Lipinski definition) is 6. The van der Waals surface area contributed by atoms with Gasteiger partial charge in [-0.05, 0) is 41.6 Å². The van der Waals surface area contributed by atoms with Crippen LogP contribution >= 0.6 is 0 Å². The van der Waals surface area contributed by atoms with Crippen LogP contribution in [0.1, 0.15) is 21.9 Å². The smallest absolute Gasteiger partial charge is 0.339 e. The molecule has 2 heterocycles. The highest BCUT2D eigenvalue weighted by molar-refractivity contribution is 6.03. The van der Waals surface area contributed by atoms with Crippen LogP contribution in [0.5, 0.6) is 0 Å². The lowest BCUT2D eigenvalue weighted by atomic mass is 10.1. The second-order valence-corrected chi connectivity index (χ2v) is 5.75. The number of pyridine rings is 1. The predicted molar refractivity (Wildman–Crippen MR) is 94.8 cm³/mol. The maximum atomic E-state index is 12.6. The average Bonchev–Trinajstić information content (AvgIpc) is 3.14.